The van der Waals surface area contributed by atoms with Gasteiger partial charge in [-0.15, -0.1) is 0 Å². The molecule has 2 rings (SSSR count). The molecule has 2 aromatic rings. The van der Waals surface area contributed by atoms with Gasteiger partial charge in [0.1, 0.15) is 0 Å². The molecule has 0 aliphatic rings. The van der Waals surface area contributed by atoms with E-state index >= 15 is 0 Å². The molecule has 0 saturated carbocycles. The van der Waals surface area contributed by atoms with E-state index in [0.29, 0.717) is 0 Å². The van der Waals surface area contributed by atoms with Crippen molar-refractivity contribution in [2.45, 2.75) is 26.2 Å². The molecule has 0 N–H and O–H groups in total. The lowest BCUT2D eigenvalue weighted by molar-refractivity contribution is -0.156. The minimum atomic E-state index is -4.42. The zero-order chi connectivity index (χ0) is 15.6. The Hall–Kier alpha value is -2.00. The van der Waals surface area contributed by atoms with Crippen LogP contribution in [-0.4, -0.2) is 10.3 Å². The van der Waals surface area contributed by atoms with Gasteiger partial charge < -0.3 is 9.05 Å². The van der Waals surface area contributed by atoms with Crippen molar-refractivity contribution in [3.63, 3.8) is 0 Å². The number of aryl methyl sites for hydroxylation is 2. The SMILES string of the molecule is Cc1cc(C(F)(F)F)on1.Cc1cc(C(F)(F)F)on1. The van der Waals surface area contributed by atoms with Gasteiger partial charge in [-0.25, -0.2) is 0 Å². The minimum absolute atomic E-state index is 0.229. The fourth-order valence-corrected chi connectivity index (χ4v) is 0.994. The molecule has 0 radical (unpaired) electrons. The molecule has 0 spiro atoms. The number of aromatic nitrogens is 2. The van der Waals surface area contributed by atoms with Gasteiger partial charge in [-0.3, -0.25) is 0 Å². The van der Waals surface area contributed by atoms with Crippen LogP contribution in [0, 0.1) is 13.8 Å². The number of hydrogen-bond donors (Lipinski definition) is 0. The van der Waals surface area contributed by atoms with Gasteiger partial charge in [-0.05, 0) is 13.8 Å². The van der Waals surface area contributed by atoms with Crippen molar-refractivity contribution >= 4 is 0 Å². The number of halogens is 6. The zero-order valence-corrected chi connectivity index (χ0v) is 10.1. The molecule has 4 nitrogen and oxygen atoms in total. The van der Waals surface area contributed by atoms with Crippen LogP contribution in [0.15, 0.2) is 21.2 Å². The largest absolute Gasteiger partial charge is 0.452 e. The Labute approximate surface area is 108 Å². The van der Waals surface area contributed by atoms with Crippen molar-refractivity contribution in [3.8, 4) is 0 Å². The van der Waals surface area contributed by atoms with E-state index in [0.717, 1.165) is 12.1 Å². The average molecular weight is 302 g/mol. The van der Waals surface area contributed by atoms with Crippen LogP contribution in [0.25, 0.3) is 0 Å². The van der Waals surface area contributed by atoms with E-state index in [2.05, 4.69) is 19.4 Å². The predicted octanol–water partition coefficient (Wildman–Crippen LogP) is 4.00. The maximum atomic E-state index is 11.7. The van der Waals surface area contributed by atoms with Crippen LogP contribution in [0.4, 0.5) is 26.3 Å². The molecule has 0 unspecified atom stereocenters. The first kappa shape index (κ1) is 16.1. The lowest BCUT2D eigenvalue weighted by Crippen LogP contribution is -2.02. The van der Waals surface area contributed by atoms with Crippen molar-refractivity contribution in [1.29, 1.82) is 0 Å². The summed E-state index contributed by atoms with van der Waals surface area (Å²) in [6.45, 7) is 2.86. The Kier molecular flexibility index (Phi) is 4.46. The van der Waals surface area contributed by atoms with Crippen molar-refractivity contribution < 1.29 is 35.4 Å². The number of rotatable bonds is 0. The second-order valence-electron chi connectivity index (χ2n) is 3.66. The minimum Gasteiger partial charge on any atom is -0.351 e. The van der Waals surface area contributed by atoms with E-state index in [9.17, 15) is 26.3 Å². The molecule has 0 saturated heterocycles. The summed E-state index contributed by atoms with van der Waals surface area (Å²) in [5.41, 5.74) is 0.458. The maximum absolute atomic E-state index is 11.7. The Balaban J connectivity index is 0.000000200. The predicted molar refractivity (Wildman–Crippen MR) is 52.5 cm³/mol. The average Bonchev–Trinajstić information content (AvgIpc) is 2.85. The summed E-state index contributed by atoms with van der Waals surface area (Å²) in [5.74, 6) is -2.10. The maximum Gasteiger partial charge on any atom is 0.452 e. The molecule has 0 fully saturated rings. The third kappa shape index (κ3) is 4.59. The first-order chi connectivity index (χ1) is 9.00. The van der Waals surface area contributed by atoms with E-state index < -0.39 is 23.9 Å². The van der Waals surface area contributed by atoms with Gasteiger partial charge in [0.15, 0.2) is 0 Å². The fraction of sp³-hybridized carbons (Fsp3) is 0.400. The van der Waals surface area contributed by atoms with E-state index in [1.807, 2.05) is 0 Å². The summed E-state index contributed by atoms with van der Waals surface area (Å²) in [5, 5.41) is 6.18. The van der Waals surface area contributed by atoms with Crippen LogP contribution in [0.3, 0.4) is 0 Å². The number of hydrogen-bond acceptors (Lipinski definition) is 4. The monoisotopic (exact) mass is 302 g/mol. The summed E-state index contributed by atoms with van der Waals surface area (Å²) >= 11 is 0. The molecule has 0 aliphatic carbocycles. The molecule has 0 atom stereocenters. The Morgan fingerprint density at radius 1 is 0.750 bits per heavy atom. The highest BCUT2D eigenvalue weighted by atomic mass is 19.4. The molecule has 0 amide bonds. The molecule has 0 bridgehead atoms. The quantitative estimate of drug-likeness (QED) is 0.690. The second kappa shape index (κ2) is 5.55. The van der Waals surface area contributed by atoms with E-state index in [1.165, 1.54) is 13.8 Å². The third-order valence-electron chi connectivity index (χ3n) is 1.81. The van der Waals surface area contributed by atoms with Gasteiger partial charge in [-0.1, -0.05) is 10.3 Å². The van der Waals surface area contributed by atoms with E-state index in [1.54, 1.807) is 0 Å². The zero-order valence-electron chi connectivity index (χ0n) is 10.1. The Morgan fingerprint density at radius 2 is 1.05 bits per heavy atom. The molecular formula is C10H8F6N2O2. The standard InChI is InChI=1S/2C5H4F3NO/c2*1-3-2-4(10-9-3)5(6,7)8/h2*2H,1H3. The van der Waals surface area contributed by atoms with Crippen molar-refractivity contribution in [2.75, 3.05) is 0 Å². The molecule has 0 aliphatic heterocycles. The molecule has 20 heavy (non-hydrogen) atoms. The van der Waals surface area contributed by atoms with Gasteiger partial charge in [0.2, 0.25) is 11.5 Å². The van der Waals surface area contributed by atoms with Gasteiger partial charge in [0.05, 0.1) is 11.4 Å². The normalized spacial score (nSPS) is 12.0. The van der Waals surface area contributed by atoms with Crippen LogP contribution in [-0.2, 0) is 12.4 Å². The fourth-order valence-electron chi connectivity index (χ4n) is 0.994. The lowest BCUT2D eigenvalue weighted by Gasteiger charge is -1.97. The molecular weight excluding hydrogens is 294 g/mol. The van der Waals surface area contributed by atoms with Crippen LogP contribution in [0.2, 0.25) is 0 Å². The first-order valence-electron chi connectivity index (χ1n) is 5.01. The third-order valence-corrected chi connectivity index (χ3v) is 1.81. The highest BCUT2D eigenvalue weighted by molar-refractivity contribution is 5.06. The van der Waals surface area contributed by atoms with Crippen molar-refractivity contribution in [3.05, 3.63) is 35.0 Å². The van der Waals surface area contributed by atoms with Crippen LogP contribution in [0.5, 0.6) is 0 Å². The van der Waals surface area contributed by atoms with Gasteiger partial charge >= 0.3 is 12.4 Å². The van der Waals surface area contributed by atoms with E-state index in [-0.39, 0.29) is 11.4 Å². The molecule has 112 valence electrons. The van der Waals surface area contributed by atoms with E-state index in [4.69, 9.17) is 0 Å². The Bertz CT molecular complexity index is 504. The van der Waals surface area contributed by atoms with Crippen molar-refractivity contribution in [1.82, 2.24) is 10.3 Å². The molecule has 10 heteroatoms. The van der Waals surface area contributed by atoms with Gasteiger partial charge in [0.25, 0.3) is 0 Å². The van der Waals surface area contributed by atoms with Crippen LogP contribution < -0.4 is 0 Å². The smallest absolute Gasteiger partial charge is 0.351 e. The highest BCUT2D eigenvalue weighted by Gasteiger charge is 2.36. The summed E-state index contributed by atoms with van der Waals surface area (Å²) in [6.07, 6.45) is -8.83. The second-order valence-corrected chi connectivity index (χ2v) is 3.66. The summed E-state index contributed by atoms with van der Waals surface area (Å²) in [6, 6.07) is 1.69. The summed E-state index contributed by atoms with van der Waals surface area (Å²) < 4.78 is 77.9. The number of nitrogens with zero attached hydrogens (tertiary/aromatic N) is 2. The summed E-state index contributed by atoms with van der Waals surface area (Å²) in [4.78, 5) is 0. The lowest BCUT2D eigenvalue weighted by atomic mass is 10.4. The van der Waals surface area contributed by atoms with Crippen molar-refractivity contribution in [2.24, 2.45) is 0 Å². The van der Waals surface area contributed by atoms with Gasteiger partial charge in [-0.2, -0.15) is 26.3 Å². The first-order valence-corrected chi connectivity index (χ1v) is 5.01. The highest BCUT2D eigenvalue weighted by Crippen LogP contribution is 2.29. The molecule has 2 aromatic heterocycles. The number of alkyl halides is 6. The summed E-state index contributed by atoms with van der Waals surface area (Å²) in [7, 11) is 0. The van der Waals surface area contributed by atoms with Crippen LogP contribution in [0.1, 0.15) is 22.9 Å². The topological polar surface area (TPSA) is 52.1 Å². The molecule has 2 heterocycles. The molecule has 0 aromatic carbocycles. The van der Waals surface area contributed by atoms with Gasteiger partial charge in [0, 0.05) is 12.1 Å². The Morgan fingerprint density at radius 3 is 1.15 bits per heavy atom. The van der Waals surface area contributed by atoms with Crippen LogP contribution >= 0.6 is 0 Å².